The van der Waals surface area contributed by atoms with Crippen molar-refractivity contribution in [3.8, 4) is 17.2 Å². The van der Waals surface area contributed by atoms with Crippen molar-refractivity contribution in [2.45, 2.75) is 6.92 Å². The Kier molecular flexibility index (Phi) is 5.06. The Bertz CT molecular complexity index is 1200. The Morgan fingerprint density at radius 3 is 2.60 bits per heavy atom. The lowest BCUT2D eigenvalue weighted by atomic mass is 10.0. The Morgan fingerprint density at radius 2 is 1.83 bits per heavy atom. The van der Waals surface area contributed by atoms with E-state index >= 15 is 0 Å². The summed E-state index contributed by atoms with van der Waals surface area (Å²) < 4.78 is 29.7. The molecule has 6 heteroatoms. The van der Waals surface area contributed by atoms with Crippen LogP contribution in [0.5, 0.6) is 17.2 Å². The lowest BCUT2D eigenvalue weighted by Gasteiger charge is -2.08. The average Bonchev–Trinajstić information content (AvgIpc) is 3.03. The molecule has 0 aliphatic carbocycles. The molecular weight excluding hydrogens is 387 g/mol. The van der Waals surface area contributed by atoms with Crippen LogP contribution in [-0.4, -0.2) is 18.9 Å². The SMILES string of the molecule is COc1cccc(C(=O)Oc2cc(C)c3c(c2)O/C(=C\c2cccc(F)c2)C3=O)c1. The number of hydrogen-bond donors (Lipinski definition) is 0. The lowest BCUT2D eigenvalue weighted by Crippen LogP contribution is -2.09. The summed E-state index contributed by atoms with van der Waals surface area (Å²) in [6.45, 7) is 1.73. The molecule has 150 valence electrons. The third-order valence-corrected chi connectivity index (χ3v) is 4.61. The number of Topliss-reactive ketones (excluding diaryl/α,β-unsaturated/α-hetero) is 1. The molecule has 4 rings (SSSR count). The second-order valence-electron chi connectivity index (χ2n) is 6.73. The van der Waals surface area contributed by atoms with Gasteiger partial charge in [-0.15, -0.1) is 0 Å². The molecule has 3 aromatic carbocycles. The maximum absolute atomic E-state index is 13.4. The highest BCUT2D eigenvalue weighted by Crippen LogP contribution is 2.37. The number of aryl methyl sites for hydroxylation is 1. The Balaban J connectivity index is 1.60. The number of methoxy groups -OCH3 is 1. The lowest BCUT2D eigenvalue weighted by molar-refractivity contribution is 0.0734. The molecule has 0 unspecified atom stereocenters. The van der Waals surface area contributed by atoms with E-state index in [1.54, 1.807) is 49.4 Å². The number of halogens is 1. The fraction of sp³-hybridized carbons (Fsp3) is 0.0833. The van der Waals surface area contributed by atoms with Gasteiger partial charge in [0.25, 0.3) is 0 Å². The molecule has 1 aliphatic heterocycles. The number of rotatable bonds is 4. The molecule has 3 aromatic rings. The van der Waals surface area contributed by atoms with E-state index in [1.807, 2.05) is 0 Å². The van der Waals surface area contributed by atoms with Crippen LogP contribution in [0.2, 0.25) is 0 Å². The molecular formula is C24H17FO5. The summed E-state index contributed by atoms with van der Waals surface area (Å²) in [6, 6.07) is 15.5. The van der Waals surface area contributed by atoms with Gasteiger partial charge in [-0.2, -0.15) is 0 Å². The van der Waals surface area contributed by atoms with Crippen LogP contribution in [0.25, 0.3) is 6.08 Å². The largest absolute Gasteiger partial charge is 0.497 e. The van der Waals surface area contributed by atoms with Gasteiger partial charge in [-0.1, -0.05) is 18.2 Å². The van der Waals surface area contributed by atoms with Crippen LogP contribution in [0.15, 0.2) is 66.4 Å². The van der Waals surface area contributed by atoms with Gasteiger partial charge in [0.05, 0.1) is 18.2 Å². The summed E-state index contributed by atoms with van der Waals surface area (Å²) in [4.78, 5) is 25.2. The topological polar surface area (TPSA) is 61.8 Å². The van der Waals surface area contributed by atoms with E-state index in [9.17, 15) is 14.0 Å². The highest BCUT2D eigenvalue weighted by Gasteiger charge is 2.30. The van der Waals surface area contributed by atoms with Gasteiger partial charge in [0.1, 0.15) is 23.1 Å². The molecule has 0 fully saturated rings. The monoisotopic (exact) mass is 404 g/mol. The van der Waals surface area contributed by atoms with Crippen molar-refractivity contribution in [1.82, 2.24) is 0 Å². The second-order valence-corrected chi connectivity index (χ2v) is 6.73. The van der Waals surface area contributed by atoms with E-state index in [0.29, 0.717) is 28.0 Å². The second kappa shape index (κ2) is 7.83. The minimum atomic E-state index is -0.562. The smallest absolute Gasteiger partial charge is 0.343 e. The summed E-state index contributed by atoms with van der Waals surface area (Å²) in [7, 11) is 1.51. The van der Waals surface area contributed by atoms with E-state index in [4.69, 9.17) is 14.2 Å². The molecule has 0 N–H and O–H groups in total. The number of benzene rings is 3. The number of fused-ring (bicyclic) bond motifs is 1. The van der Waals surface area contributed by atoms with Crippen molar-refractivity contribution in [2.75, 3.05) is 7.11 Å². The zero-order valence-corrected chi connectivity index (χ0v) is 16.3. The summed E-state index contributed by atoms with van der Waals surface area (Å²) in [5.74, 6) is -0.124. The molecule has 0 atom stereocenters. The molecule has 1 heterocycles. The zero-order valence-electron chi connectivity index (χ0n) is 16.3. The summed E-state index contributed by atoms with van der Waals surface area (Å²) in [6.07, 6.45) is 1.48. The van der Waals surface area contributed by atoms with Crippen LogP contribution in [0.1, 0.15) is 31.8 Å². The van der Waals surface area contributed by atoms with Crippen molar-refractivity contribution >= 4 is 17.8 Å². The third-order valence-electron chi connectivity index (χ3n) is 4.61. The molecule has 0 radical (unpaired) electrons. The standard InChI is InChI=1S/C24H17FO5/c1-14-9-19(29-24(27)16-6-4-8-18(12-16)28-2)13-20-22(14)23(26)21(30-20)11-15-5-3-7-17(25)10-15/h3-13H,1-2H3/b21-11-. The fourth-order valence-corrected chi connectivity index (χ4v) is 3.20. The van der Waals surface area contributed by atoms with Crippen molar-refractivity contribution in [1.29, 1.82) is 0 Å². The van der Waals surface area contributed by atoms with E-state index in [1.165, 1.54) is 31.4 Å². The number of ketones is 1. The first-order valence-corrected chi connectivity index (χ1v) is 9.15. The van der Waals surface area contributed by atoms with Crippen LogP contribution in [0.4, 0.5) is 4.39 Å². The fourth-order valence-electron chi connectivity index (χ4n) is 3.20. The van der Waals surface area contributed by atoms with Gasteiger partial charge >= 0.3 is 5.97 Å². The number of allylic oxidation sites excluding steroid dienone is 1. The number of ether oxygens (including phenoxy) is 3. The van der Waals surface area contributed by atoms with Crippen LogP contribution < -0.4 is 14.2 Å². The van der Waals surface area contributed by atoms with Crippen molar-refractivity contribution in [3.63, 3.8) is 0 Å². The molecule has 0 amide bonds. The minimum absolute atomic E-state index is 0.0787. The van der Waals surface area contributed by atoms with Crippen molar-refractivity contribution in [2.24, 2.45) is 0 Å². The Hall–Kier alpha value is -3.93. The van der Waals surface area contributed by atoms with Crippen LogP contribution in [0, 0.1) is 12.7 Å². The van der Waals surface area contributed by atoms with Crippen molar-refractivity contribution < 1.29 is 28.2 Å². The number of esters is 1. The van der Waals surface area contributed by atoms with Gasteiger partial charge in [0.2, 0.25) is 5.78 Å². The molecule has 30 heavy (non-hydrogen) atoms. The van der Waals surface area contributed by atoms with Crippen LogP contribution >= 0.6 is 0 Å². The first-order valence-electron chi connectivity index (χ1n) is 9.15. The van der Waals surface area contributed by atoms with Crippen LogP contribution in [0.3, 0.4) is 0 Å². The summed E-state index contributed by atoms with van der Waals surface area (Å²) >= 11 is 0. The molecule has 0 saturated heterocycles. The van der Waals surface area contributed by atoms with E-state index in [0.717, 1.165) is 0 Å². The van der Waals surface area contributed by atoms with Gasteiger partial charge in [-0.25, -0.2) is 9.18 Å². The molecule has 0 spiro atoms. The molecule has 1 aliphatic rings. The van der Waals surface area contributed by atoms with Gasteiger partial charge in [0.15, 0.2) is 5.76 Å². The van der Waals surface area contributed by atoms with Crippen LogP contribution in [-0.2, 0) is 0 Å². The molecule has 0 saturated carbocycles. The summed E-state index contributed by atoms with van der Waals surface area (Å²) in [5, 5.41) is 0. The van der Waals surface area contributed by atoms with Gasteiger partial charge in [0, 0.05) is 6.07 Å². The summed E-state index contributed by atoms with van der Waals surface area (Å²) in [5.41, 5.74) is 1.83. The van der Waals surface area contributed by atoms with Crippen molar-refractivity contribution in [3.05, 3.63) is 94.5 Å². The number of carbonyl (C=O) groups is 2. The predicted molar refractivity (Wildman–Crippen MR) is 108 cm³/mol. The van der Waals surface area contributed by atoms with Gasteiger partial charge in [-0.05, 0) is 60.5 Å². The average molecular weight is 404 g/mol. The van der Waals surface area contributed by atoms with Gasteiger partial charge in [-0.3, -0.25) is 4.79 Å². The number of hydrogen-bond acceptors (Lipinski definition) is 5. The Morgan fingerprint density at radius 1 is 1.03 bits per heavy atom. The first-order chi connectivity index (χ1) is 14.4. The minimum Gasteiger partial charge on any atom is -0.497 e. The third kappa shape index (κ3) is 3.80. The zero-order chi connectivity index (χ0) is 21.3. The van der Waals surface area contributed by atoms with E-state index in [-0.39, 0.29) is 23.0 Å². The van der Waals surface area contributed by atoms with E-state index in [2.05, 4.69) is 0 Å². The Labute approximate surface area is 172 Å². The highest BCUT2D eigenvalue weighted by molar-refractivity contribution is 6.15. The molecule has 0 aromatic heterocycles. The molecule has 5 nitrogen and oxygen atoms in total. The normalized spacial score (nSPS) is 13.7. The first kappa shape index (κ1) is 19.4. The van der Waals surface area contributed by atoms with Gasteiger partial charge < -0.3 is 14.2 Å². The highest BCUT2D eigenvalue weighted by atomic mass is 19.1. The quantitative estimate of drug-likeness (QED) is 0.349. The maximum atomic E-state index is 13.4. The maximum Gasteiger partial charge on any atom is 0.343 e. The van der Waals surface area contributed by atoms with E-state index < -0.39 is 11.8 Å². The number of carbonyl (C=O) groups excluding carboxylic acids is 2. The molecule has 0 bridgehead atoms. The predicted octanol–water partition coefficient (Wildman–Crippen LogP) is 4.98.